The van der Waals surface area contributed by atoms with E-state index >= 15 is 0 Å². The minimum Gasteiger partial charge on any atom is -0.349 e. The summed E-state index contributed by atoms with van der Waals surface area (Å²) in [6, 6.07) is 5.79. The van der Waals surface area contributed by atoms with Crippen molar-refractivity contribution in [1.82, 2.24) is 10.3 Å². The fraction of sp³-hybridized carbons (Fsp3) is 0.368. The average molecular weight is 430 g/mol. The monoisotopic (exact) mass is 430 g/mol. The van der Waals surface area contributed by atoms with Crippen molar-refractivity contribution in [3.63, 3.8) is 0 Å². The first-order valence-corrected chi connectivity index (χ1v) is 10.5. The van der Waals surface area contributed by atoms with Crippen LogP contribution in [0, 0.1) is 5.95 Å². The highest BCUT2D eigenvalue weighted by Crippen LogP contribution is 2.33. The summed E-state index contributed by atoms with van der Waals surface area (Å²) in [5.74, 6) is -1.27. The molecule has 0 spiro atoms. The molecule has 5 nitrogen and oxygen atoms in total. The van der Waals surface area contributed by atoms with E-state index in [1.807, 2.05) is 0 Å². The lowest BCUT2D eigenvalue weighted by Gasteiger charge is -2.29. The molecule has 10 heteroatoms. The van der Waals surface area contributed by atoms with Gasteiger partial charge in [0.2, 0.25) is 5.95 Å². The van der Waals surface area contributed by atoms with Gasteiger partial charge in [0.05, 0.1) is 15.7 Å². The minimum atomic E-state index is -4.63. The molecule has 1 aliphatic carbocycles. The zero-order valence-electron chi connectivity index (χ0n) is 15.1. The molecule has 1 saturated carbocycles. The number of nitrogens with zero attached hydrogens (tertiary/aromatic N) is 1. The molecule has 0 bridgehead atoms. The lowest BCUT2D eigenvalue weighted by atomic mass is 9.95. The number of pyridine rings is 1. The van der Waals surface area contributed by atoms with E-state index in [-0.39, 0.29) is 29.3 Å². The first kappa shape index (κ1) is 21.2. The van der Waals surface area contributed by atoms with E-state index in [0.29, 0.717) is 18.9 Å². The molecule has 3 rings (SSSR count). The number of halogens is 4. The van der Waals surface area contributed by atoms with Crippen molar-refractivity contribution >= 4 is 15.7 Å². The van der Waals surface area contributed by atoms with Crippen molar-refractivity contribution in [1.29, 1.82) is 0 Å². The second-order valence-corrected chi connectivity index (χ2v) is 9.11. The molecule has 1 aromatic heterocycles. The molecular formula is C19H18F4N2O3S. The Labute approximate surface area is 165 Å². The smallest absolute Gasteiger partial charge is 0.349 e. The van der Waals surface area contributed by atoms with Gasteiger partial charge in [-0.25, -0.2) is 13.4 Å². The lowest BCUT2D eigenvalue weighted by Crippen LogP contribution is -2.40. The molecule has 1 fully saturated rings. The Morgan fingerprint density at radius 3 is 2.38 bits per heavy atom. The molecule has 1 N–H and O–H groups in total. The number of amides is 1. The first-order chi connectivity index (χ1) is 13.6. The van der Waals surface area contributed by atoms with Crippen molar-refractivity contribution in [2.24, 2.45) is 0 Å². The van der Waals surface area contributed by atoms with E-state index < -0.39 is 38.7 Å². The van der Waals surface area contributed by atoms with Crippen LogP contribution in [-0.2, 0) is 16.0 Å². The standard InChI is InChI=1S/C19H18F4N2O3S/c20-17-10-12(8-9-24-17)18(26)25-14-4-6-15(7-5-14)29(27,28)16-3-1-2-13(11-16)19(21,22)23/h1-3,8-11,14-15H,4-7H2,(H,25,26). The normalized spacial score (nSPS) is 20.3. The fourth-order valence-corrected chi connectivity index (χ4v) is 5.21. The van der Waals surface area contributed by atoms with Gasteiger partial charge in [0, 0.05) is 23.9 Å². The predicted molar refractivity (Wildman–Crippen MR) is 96.3 cm³/mol. The van der Waals surface area contributed by atoms with Gasteiger partial charge in [-0.15, -0.1) is 0 Å². The van der Waals surface area contributed by atoms with Crippen molar-refractivity contribution in [2.45, 2.75) is 48.0 Å². The maximum Gasteiger partial charge on any atom is 0.416 e. The Hall–Kier alpha value is -2.49. The summed E-state index contributed by atoms with van der Waals surface area (Å²) >= 11 is 0. The summed E-state index contributed by atoms with van der Waals surface area (Å²) in [4.78, 5) is 15.2. The topological polar surface area (TPSA) is 76.1 Å². The molecule has 1 heterocycles. The molecule has 0 aliphatic heterocycles. The summed E-state index contributed by atoms with van der Waals surface area (Å²) in [6.45, 7) is 0. The molecule has 0 saturated heterocycles. The van der Waals surface area contributed by atoms with Crippen LogP contribution in [0.2, 0.25) is 0 Å². The molecule has 2 aromatic rings. The summed E-state index contributed by atoms with van der Waals surface area (Å²) in [5.41, 5.74) is -0.902. The first-order valence-electron chi connectivity index (χ1n) is 8.91. The number of rotatable bonds is 4. The highest BCUT2D eigenvalue weighted by Gasteiger charge is 2.35. The fourth-order valence-electron chi connectivity index (χ4n) is 3.37. The highest BCUT2D eigenvalue weighted by atomic mass is 32.2. The van der Waals surface area contributed by atoms with Crippen LogP contribution >= 0.6 is 0 Å². The van der Waals surface area contributed by atoms with E-state index in [4.69, 9.17) is 0 Å². The van der Waals surface area contributed by atoms with Gasteiger partial charge in [-0.05, 0) is 49.9 Å². The van der Waals surface area contributed by atoms with Gasteiger partial charge >= 0.3 is 6.18 Å². The van der Waals surface area contributed by atoms with Crippen molar-refractivity contribution in [3.8, 4) is 0 Å². The number of alkyl halides is 3. The zero-order chi connectivity index (χ0) is 21.2. The van der Waals surface area contributed by atoms with Gasteiger partial charge < -0.3 is 5.32 Å². The summed E-state index contributed by atoms with van der Waals surface area (Å²) in [6.07, 6.45) is -2.35. The van der Waals surface area contributed by atoms with E-state index in [1.165, 1.54) is 12.3 Å². The van der Waals surface area contributed by atoms with E-state index in [9.17, 15) is 30.8 Å². The second-order valence-electron chi connectivity index (χ2n) is 6.88. The zero-order valence-corrected chi connectivity index (χ0v) is 15.9. The van der Waals surface area contributed by atoms with Crippen LogP contribution in [-0.4, -0.2) is 30.6 Å². The van der Waals surface area contributed by atoms with E-state index in [1.54, 1.807) is 0 Å². The number of nitrogens with one attached hydrogen (secondary N) is 1. The molecule has 0 radical (unpaired) electrons. The highest BCUT2D eigenvalue weighted by molar-refractivity contribution is 7.92. The van der Waals surface area contributed by atoms with Crippen LogP contribution in [0.15, 0.2) is 47.5 Å². The molecule has 1 aliphatic rings. The summed E-state index contributed by atoms with van der Waals surface area (Å²) in [5, 5.41) is 1.90. The minimum absolute atomic E-state index is 0.108. The molecular weight excluding hydrogens is 412 g/mol. The average Bonchev–Trinajstić information content (AvgIpc) is 2.68. The molecule has 0 unspecified atom stereocenters. The van der Waals surface area contributed by atoms with Gasteiger partial charge in [-0.3, -0.25) is 4.79 Å². The molecule has 1 aromatic carbocycles. The molecule has 29 heavy (non-hydrogen) atoms. The third kappa shape index (κ3) is 4.92. The number of carbonyl (C=O) groups excluding carboxylic acids is 1. The van der Waals surface area contributed by atoms with Crippen LogP contribution in [0.3, 0.4) is 0 Å². The van der Waals surface area contributed by atoms with E-state index in [2.05, 4.69) is 10.3 Å². The summed E-state index contributed by atoms with van der Waals surface area (Å²) in [7, 11) is -3.93. The SMILES string of the molecule is O=C(NC1CCC(S(=O)(=O)c2cccc(C(F)(F)F)c2)CC1)c1ccnc(F)c1. The van der Waals surface area contributed by atoms with Gasteiger partial charge in [-0.2, -0.15) is 17.6 Å². The number of carbonyl (C=O) groups is 1. The largest absolute Gasteiger partial charge is 0.416 e. The Kier molecular flexibility index (Phi) is 5.92. The number of aromatic nitrogens is 1. The quantitative estimate of drug-likeness (QED) is 0.592. The Morgan fingerprint density at radius 2 is 1.76 bits per heavy atom. The van der Waals surface area contributed by atoms with Crippen LogP contribution in [0.25, 0.3) is 0 Å². The Morgan fingerprint density at radius 1 is 1.07 bits per heavy atom. The number of hydrogen-bond acceptors (Lipinski definition) is 4. The van der Waals surface area contributed by atoms with Crippen molar-refractivity contribution < 1.29 is 30.8 Å². The van der Waals surface area contributed by atoms with Gasteiger partial charge in [0.1, 0.15) is 0 Å². The number of benzene rings is 1. The molecule has 1 amide bonds. The van der Waals surface area contributed by atoms with Crippen molar-refractivity contribution in [3.05, 3.63) is 59.7 Å². The van der Waals surface area contributed by atoms with Crippen LogP contribution in [0.5, 0.6) is 0 Å². The number of hydrogen-bond donors (Lipinski definition) is 1. The third-order valence-corrected chi connectivity index (χ3v) is 7.19. The van der Waals surface area contributed by atoms with E-state index in [0.717, 1.165) is 24.3 Å². The molecule has 0 atom stereocenters. The third-order valence-electron chi connectivity index (χ3n) is 4.93. The van der Waals surface area contributed by atoms with Crippen LogP contribution in [0.4, 0.5) is 17.6 Å². The maximum atomic E-state index is 13.1. The lowest BCUT2D eigenvalue weighted by molar-refractivity contribution is -0.137. The Bertz CT molecular complexity index is 1000. The van der Waals surface area contributed by atoms with Crippen LogP contribution < -0.4 is 5.32 Å². The second kappa shape index (κ2) is 8.10. The van der Waals surface area contributed by atoms with Crippen LogP contribution in [0.1, 0.15) is 41.6 Å². The Balaban J connectivity index is 1.65. The summed E-state index contributed by atoms with van der Waals surface area (Å²) < 4.78 is 77.2. The van der Waals surface area contributed by atoms with Gasteiger partial charge in [0.25, 0.3) is 5.91 Å². The predicted octanol–water partition coefficient (Wildman–Crippen LogP) is 3.75. The van der Waals surface area contributed by atoms with Crippen molar-refractivity contribution in [2.75, 3.05) is 0 Å². The van der Waals surface area contributed by atoms with Gasteiger partial charge in [0.15, 0.2) is 9.84 Å². The van der Waals surface area contributed by atoms with Gasteiger partial charge in [-0.1, -0.05) is 6.07 Å². The molecule has 156 valence electrons. The number of sulfone groups is 1. The maximum absolute atomic E-state index is 13.1.